The Balaban J connectivity index is 2.93. The van der Waals surface area contributed by atoms with Crippen molar-refractivity contribution in [3.8, 4) is 0 Å². The van der Waals surface area contributed by atoms with Crippen LogP contribution in [0.3, 0.4) is 0 Å². The Hall–Kier alpha value is -1.00. The Morgan fingerprint density at radius 2 is 2.21 bits per heavy atom. The molecule has 0 saturated heterocycles. The maximum absolute atomic E-state index is 5.46. The number of nitrogens with zero attached hydrogens (tertiary/aromatic N) is 2. The van der Waals surface area contributed by atoms with Gasteiger partial charge in [0.2, 0.25) is 0 Å². The van der Waals surface area contributed by atoms with Gasteiger partial charge in [-0.1, -0.05) is 0 Å². The molecule has 0 radical (unpaired) electrons. The molecule has 0 saturated carbocycles. The molecule has 78 valence electrons. The quantitative estimate of drug-likeness (QED) is 0.774. The van der Waals surface area contributed by atoms with Gasteiger partial charge in [-0.15, -0.1) is 0 Å². The molecule has 1 rings (SSSR count). The van der Waals surface area contributed by atoms with Crippen LogP contribution in [0.15, 0.2) is 12.3 Å². The molecule has 0 amide bonds. The Morgan fingerprint density at radius 1 is 1.50 bits per heavy atom. The molecule has 4 heteroatoms. The smallest absolute Gasteiger partial charge is 0.159 e. The van der Waals surface area contributed by atoms with Crippen molar-refractivity contribution in [1.29, 1.82) is 0 Å². The third kappa shape index (κ3) is 2.49. The van der Waals surface area contributed by atoms with E-state index in [1.807, 2.05) is 19.9 Å². The Morgan fingerprint density at radius 3 is 2.79 bits per heavy atom. The van der Waals surface area contributed by atoms with E-state index in [1.54, 1.807) is 13.3 Å². The van der Waals surface area contributed by atoms with Crippen LogP contribution in [0.25, 0.3) is 0 Å². The van der Waals surface area contributed by atoms with Gasteiger partial charge < -0.3 is 10.5 Å². The van der Waals surface area contributed by atoms with Crippen molar-refractivity contribution in [2.75, 3.05) is 13.7 Å². The van der Waals surface area contributed by atoms with Gasteiger partial charge in [0, 0.05) is 25.4 Å². The highest BCUT2D eigenvalue weighted by atomic mass is 16.5. The third-order valence-electron chi connectivity index (χ3n) is 2.16. The minimum absolute atomic E-state index is 0.440. The topological polar surface area (TPSA) is 61.0 Å². The lowest BCUT2D eigenvalue weighted by atomic mass is 10.1. The fourth-order valence-corrected chi connectivity index (χ4v) is 1.06. The minimum atomic E-state index is -0.440. The van der Waals surface area contributed by atoms with Gasteiger partial charge in [-0.05, 0) is 26.5 Å². The first kappa shape index (κ1) is 11.1. The molecule has 1 aromatic heterocycles. The predicted molar refractivity (Wildman–Crippen MR) is 54.8 cm³/mol. The van der Waals surface area contributed by atoms with Crippen LogP contribution in [0.2, 0.25) is 0 Å². The number of aromatic nitrogens is 2. The van der Waals surface area contributed by atoms with Gasteiger partial charge in [0.25, 0.3) is 0 Å². The molecule has 0 aliphatic heterocycles. The summed E-state index contributed by atoms with van der Waals surface area (Å²) in [6.45, 7) is 4.48. The van der Waals surface area contributed by atoms with E-state index in [2.05, 4.69) is 9.97 Å². The Labute approximate surface area is 84.5 Å². The van der Waals surface area contributed by atoms with Gasteiger partial charge in [-0.3, -0.25) is 0 Å². The number of nitrogens with two attached hydrogens (primary N) is 1. The van der Waals surface area contributed by atoms with Crippen molar-refractivity contribution in [3.63, 3.8) is 0 Å². The molecule has 4 nitrogen and oxygen atoms in total. The molecule has 1 aromatic rings. The maximum atomic E-state index is 5.46. The van der Waals surface area contributed by atoms with Crippen molar-refractivity contribution >= 4 is 0 Å². The van der Waals surface area contributed by atoms with Gasteiger partial charge in [-0.25, -0.2) is 9.97 Å². The van der Waals surface area contributed by atoms with E-state index in [-0.39, 0.29) is 0 Å². The van der Waals surface area contributed by atoms with Crippen molar-refractivity contribution in [2.24, 2.45) is 5.73 Å². The van der Waals surface area contributed by atoms with Crippen LogP contribution >= 0.6 is 0 Å². The van der Waals surface area contributed by atoms with Crippen LogP contribution in [-0.2, 0) is 16.8 Å². The molecule has 0 aromatic carbocycles. The summed E-state index contributed by atoms with van der Waals surface area (Å²) in [5.74, 6) is 0.700. The lowest BCUT2D eigenvalue weighted by Gasteiger charge is -2.21. The first-order chi connectivity index (χ1) is 6.60. The minimum Gasteiger partial charge on any atom is -0.371 e. The Bertz CT molecular complexity index is 299. The monoisotopic (exact) mass is 195 g/mol. The molecule has 0 bridgehead atoms. The molecule has 1 heterocycles. The highest BCUT2D eigenvalue weighted by Gasteiger charge is 2.22. The van der Waals surface area contributed by atoms with E-state index in [0.717, 1.165) is 12.1 Å². The number of ether oxygens (including phenoxy) is 1. The zero-order chi connectivity index (χ0) is 10.6. The van der Waals surface area contributed by atoms with Crippen molar-refractivity contribution < 1.29 is 4.74 Å². The van der Waals surface area contributed by atoms with Crippen molar-refractivity contribution in [1.82, 2.24) is 9.97 Å². The molecule has 0 spiro atoms. The molecule has 14 heavy (non-hydrogen) atoms. The average molecular weight is 195 g/mol. The van der Waals surface area contributed by atoms with Crippen LogP contribution in [0.5, 0.6) is 0 Å². The maximum Gasteiger partial charge on any atom is 0.159 e. The zero-order valence-electron chi connectivity index (χ0n) is 8.95. The molecule has 0 unspecified atom stereocenters. The molecular weight excluding hydrogens is 178 g/mol. The van der Waals surface area contributed by atoms with Gasteiger partial charge in [0.05, 0.1) is 0 Å². The van der Waals surface area contributed by atoms with Gasteiger partial charge in [0.15, 0.2) is 5.82 Å². The molecule has 0 fully saturated rings. The zero-order valence-corrected chi connectivity index (χ0v) is 8.95. The van der Waals surface area contributed by atoms with Crippen LogP contribution in [0.1, 0.15) is 25.4 Å². The summed E-state index contributed by atoms with van der Waals surface area (Å²) in [4.78, 5) is 8.58. The summed E-state index contributed by atoms with van der Waals surface area (Å²) < 4.78 is 5.30. The molecule has 0 aliphatic rings. The number of methoxy groups -OCH3 is 1. The highest BCUT2D eigenvalue weighted by Crippen LogP contribution is 2.19. The first-order valence-corrected chi connectivity index (χ1v) is 4.68. The summed E-state index contributed by atoms with van der Waals surface area (Å²) in [6, 6.07) is 1.88. The van der Waals surface area contributed by atoms with Gasteiger partial charge >= 0.3 is 0 Å². The van der Waals surface area contributed by atoms with Crippen LogP contribution in [0, 0.1) is 0 Å². The molecule has 0 atom stereocenters. The lowest BCUT2D eigenvalue weighted by molar-refractivity contribution is 0.0113. The average Bonchev–Trinajstić information content (AvgIpc) is 2.19. The standard InChI is InChI=1S/C10H17N3O/c1-10(2,14-3)9-12-7-5-8(13-9)4-6-11/h5,7H,4,6,11H2,1-3H3. The molecular formula is C10H17N3O. The van der Waals surface area contributed by atoms with Gasteiger partial charge in [-0.2, -0.15) is 0 Å². The normalized spacial score (nSPS) is 11.7. The third-order valence-corrected chi connectivity index (χ3v) is 2.16. The van der Waals surface area contributed by atoms with E-state index in [0.29, 0.717) is 12.4 Å². The summed E-state index contributed by atoms with van der Waals surface area (Å²) in [5, 5.41) is 0. The fourth-order valence-electron chi connectivity index (χ4n) is 1.06. The SMILES string of the molecule is COC(C)(C)c1nccc(CCN)n1. The van der Waals surface area contributed by atoms with E-state index in [1.165, 1.54) is 0 Å². The van der Waals surface area contributed by atoms with Crippen molar-refractivity contribution in [2.45, 2.75) is 25.9 Å². The second kappa shape index (κ2) is 4.48. The van der Waals surface area contributed by atoms with Crippen LogP contribution < -0.4 is 5.73 Å². The summed E-state index contributed by atoms with van der Waals surface area (Å²) in [6.07, 6.45) is 2.52. The number of hydrogen-bond acceptors (Lipinski definition) is 4. The molecule has 2 N–H and O–H groups in total. The number of hydrogen-bond donors (Lipinski definition) is 1. The second-order valence-electron chi connectivity index (χ2n) is 3.62. The van der Waals surface area contributed by atoms with Crippen LogP contribution in [-0.4, -0.2) is 23.6 Å². The first-order valence-electron chi connectivity index (χ1n) is 4.68. The van der Waals surface area contributed by atoms with Crippen LogP contribution in [0.4, 0.5) is 0 Å². The van der Waals surface area contributed by atoms with E-state index in [4.69, 9.17) is 10.5 Å². The summed E-state index contributed by atoms with van der Waals surface area (Å²) in [5.41, 5.74) is 5.98. The van der Waals surface area contributed by atoms with Gasteiger partial charge in [0.1, 0.15) is 5.60 Å². The fraction of sp³-hybridized carbons (Fsp3) is 0.600. The van der Waals surface area contributed by atoms with E-state index >= 15 is 0 Å². The summed E-state index contributed by atoms with van der Waals surface area (Å²) in [7, 11) is 1.65. The second-order valence-corrected chi connectivity index (χ2v) is 3.62. The predicted octanol–water partition coefficient (Wildman–Crippen LogP) is 0.859. The lowest BCUT2D eigenvalue weighted by Crippen LogP contribution is -2.23. The summed E-state index contributed by atoms with van der Waals surface area (Å²) >= 11 is 0. The molecule has 0 aliphatic carbocycles. The van der Waals surface area contributed by atoms with Crippen molar-refractivity contribution in [3.05, 3.63) is 23.8 Å². The highest BCUT2D eigenvalue weighted by molar-refractivity contribution is 5.07. The van der Waals surface area contributed by atoms with E-state index < -0.39 is 5.60 Å². The largest absolute Gasteiger partial charge is 0.371 e. The number of rotatable bonds is 4. The Kier molecular flexibility index (Phi) is 3.55. The van der Waals surface area contributed by atoms with E-state index in [9.17, 15) is 0 Å².